The molecule has 0 spiro atoms. The summed E-state index contributed by atoms with van der Waals surface area (Å²) in [4.78, 5) is 10.0. The van der Waals surface area contributed by atoms with Crippen LogP contribution in [0.25, 0.3) is 0 Å². The molecule has 2 rings (SSSR count). The van der Waals surface area contributed by atoms with Gasteiger partial charge in [-0.25, -0.2) is 4.98 Å². The summed E-state index contributed by atoms with van der Waals surface area (Å²) >= 11 is 1.80. The number of hydrogen-bond acceptors (Lipinski definition) is 6. The Morgan fingerprint density at radius 1 is 1.40 bits per heavy atom. The average molecular weight is 294 g/mol. The summed E-state index contributed by atoms with van der Waals surface area (Å²) in [6, 6.07) is 0.288. The van der Waals surface area contributed by atoms with E-state index >= 15 is 0 Å². The molecule has 0 aliphatic rings. The van der Waals surface area contributed by atoms with Gasteiger partial charge in [0.05, 0.1) is 10.7 Å². The predicted molar refractivity (Wildman–Crippen MR) is 80.0 cm³/mol. The van der Waals surface area contributed by atoms with Gasteiger partial charge in [0.2, 0.25) is 6.39 Å². The third-order valence-corrected chi connectivity index (χ3v) is 4.84. The van der Waals surface area contributed by atoms with E-state index in [2.05, 4.69) is 50.1 Å². The molecule has 2 aromatic rings. The monoisotopic (exact) mass is 294 g/mol. The van der Waals surface area contributed by atoms with Crippen molar-refractivity contribution in [1.82, 2.24) is 20.4 Å². The smallest absolute Gasteiger partial charge is 0.213 e. The second kappa shape index (κ2) is 6.01. The van der Waals surface area contributed by atoms with Crippen molar-refractivity contribution >= 4 is 11.3 Å². The van der Waals surface area contributed by atoms with E-state index in [9.17, 15) is 0 Å². The van der Waals surface area contributed by atoms with E-state index in [-0.39, 0.29) is 11.5 Å². The van der Waals surface area contributed by atoms with Crippen LogP contribution in [0.15, 0.2) is 10.9 Å². The van der Waals surface area contributed by atoms with Crippen LogP contribution in [0.4, 0.5) is 0 Å². The van der Waals surface area contributed by atoms with E-state index in [0.29, 0.717) is 0 Å². The molecule has 5 nitrogen and oxygen atoms in total. The molecule has 1 atom stereocenters. The van der Waals surface area contributed by atoms with Crippen LogP contribution in [0.5, 0.6) is 0 Å². The molecule has 0 radical (unpaired) electrons. The van der Waals surface area contributed by atoms with E-state index in [1.165, 1.54) is 16.3 Å². The predicted octanol–water partition coefficient (Wildman–Crippen LogP) is 3.03. The lowest BCUT2D eigenvalue weighted by atomic mass is 9.98. The number of nitrogens with zero attached hydrogens (tertiary/aromatic N) is 3. The maximum absolute atomic E-state index is 4.72. The minimum atomic E-state index is 0.109. The summed E-state index contributed by atoms with van der Waals surface area (Å²) < 4.78 is 4.72. The second-order valence-electron chi connectivity index (χ2n) is 5.99. The van der Waals surface area contributed by atoms with Crippen LogP contribution in [0.2, 0.25) is 0 Å². The molecule has 0 aliphatic carbocycles. The van der Waals surface area contributed by atoms with E-state index in [1.807, 2.05) is 0 Å². The molecule has 1 unspecified atom stereocenters. The Bertz CT molecular complexity index is 542. The van der Waals surface area contributed by atoms with Crippen LogP contribution in [0.3, 0.4) is 0 Å². The third-order valence-electron chi connectivity index (χ3n) is 3.07. The minimum Gasteiger partial charge on any atom is -0.343 e. The summed E-state index contributed by atoms with van der Waals surface area (Å²) in [5.74, 6) is 0.737. The summed E-state index contributed by atoms with van der Waals surface area (Å²) in [7, 11) is 0. The molecular formula is C14H22N4OS. The molecule has 0 aliphatic heterocycles. The van der Waals surface area contributed by atoms with E-state index < -0.39 is 0 Å². The van der Waals surface area contributed by atoms with Crippen LogP contribution in [0, 0.1) is 6.92 Å². The Morgan fingerprint density at radius 2 is 2.15 bits per heavy atom. The standard InChI is InChI=1S/C14H22N4OS/c1-9(15-7-6-11-16-8-19-18-11)12-10(2)17-13(20-12)14(3,4)5/h8-9,15H,6-7H2,1-5H3. The van der Waals surface area contributed by atoms with Crippen LogP contribution < -0.4 is 5.32 Å². The van der Waals surface area contributed by atoms with Crippen LogP contribution in [-0.4, -0.2) is 21.7 Å². The van der Waals surface area contributed by atoms with Gasteiger partial charge in [0.25, 0.3) is 0 Å². The summed E-state index contributed by atoms with van der Waals surface area (Å²) in [6.45, 7) is 11.7. The maximum Gasteiger partial charge on any atom is 0.213 e. The van der Waals surface area contributed by atoms with Gasteiger partial charge < -0.3 is 9.84 Å². The zero-order valence-electron chi connectivity index (χ0n) is 12.7. The first-order valence-corrected chi connectivity index (χ1v) is 7.66. The fraction of sp³-hybridized carbons (Fsp3) is 0.643. The molecule has 0 bridgehead atoms. The van der Waals surface area contributed by atoms with Crippen LogP contribution in [-0.2, 0) is 11.8 Å². The van der Waals surface area contributed by atoms with E-state index in [4.69, 9.17) is 9.51 Å². The fourth-order valence-corrected chi connectivity index (χ4v) is 3.08. The molecule has 20 heavy (non-hydrogen) atoms. The van der Waals surface area contributed by atoms with Crippen molar-refractivity contribution in [2.45, 2.75) is 52.5 Å². The molecule has 0 aromatic carbocycles. The van der Waals surface area contributed by atoms with Gasteiger partial charge in [-0.15, -0.1) is 11.3 Å². The topological polar surface area (TPSA) is 63.8 Å². The molecule has 110 valence electrons. The largest absolute Gasteiger partial charge is 0.343 e. The number of hydrogen-bond donors (Lipinski definition) is 1. The number of rotatable bonds is 5. The zero-order valence-corrected chi connectivity index (χ0v) is 13.5. The lowest BCUT2D eigenvalue weighted by molar-refractivity contribution is 0.408. The maximum atomic E-state index is 4.72. The highest BCUT2D eigenvalue weighted by Crippen LogP contribution is 2.32. The van der Waals surface area contributed by atoms with Gasteiger partial charge >= 0.3 is 0 Å². The lowest BCUT2D eigenvalue weighted by Gasteiger charge is -2.14. The van der Waals surface area contributed by atoms with Crippen molar-refractivity contribution in [3.8, 4) is 0 Å². The highest BCUT2D eigenvalue weighted by molar-refractivity contribution is 7.12. The van der Waals surface area contributed by atoms with E-state index in [0.717, 1.165) is 24.5 Å². The van der Waals surface area contributed by atoms with Gasteiger partial charge in [0.15, 0.2) is 5.82 Å². The molecule has 6 heteroatoms. The zero-order chi connectivity index (χ0) is 14.8. The number of nitrogens with one attached hydrogen (secondary N) is 1. The molecule has 0 fully saturated rings. The Hall–Kier alpha value is -1.27. The Kier molecular flexibility index (Phi) is 4.55. The quantitative estimate of drug-likeness (QED) is 0.918. The van der Waals surface area contributed by atoms with Crippen LogP contribution in [0.1, 0.15) is 55.1 Å². The van der Waals surface area contributed by atoms with Crippen molar-refractivity contribution in [2.75, 3.05) is 6.54 Å². The van der Waals surface area contributed by atoms with Gasteiger partial charge in [-0.3, -0.25) is 0 Å². The van der Waals surface area contributed by atoms with Crippen LogP contribution >= 0.6 is 11.3 Å². The van der Waals surface area contributed by atoms with Gasteiger partial charge in [-0.2, -0.15) is 4.98 Å². The lowest BCUT2D eigenvalue weighted by Crippen LogP contribution is -2.21. The Labute approximate surface area is 123 Å². The average Bonchev–Trinajstić information content (AvgIpc) is 2.97. The van der Waals surface area contributed by atoms with Gasteiger partial charge in [0.1, 0.15) is 0 Å². The van der Waals surface area contributed by atoms with Crippen molar-refractivity contribution in [3.05, 3.63) is 27.8 Å². The second-order valence-corrected chi connectivity index (χ2v) is 7.02. The molecule has 0 amide bonds. The normalized spacial score (nSPS) is 13.7. The first-order chi connectivity index (χ1) is 9.38. The molecule has 2 aromatic heterocycles. The first kappa shape index (κ1) is 15.1. The number of aromatic nitrogens is 3. The van der Waals surface area contributed by atoms with Crippen molar-refractivity contribution in [3.63, 3.8) is 0 Å². The number of aryl methyl sites for hydroxylation is 1. The molecule has 0 saturated carbocycles. The van der Waals surface area contributed by atoms with Gasteiger partial charge in [0, 0.05) is 29.3 Å². The minimum absolute atomic E-state index is 0.109. The highest BCUT2D eigenvalue weighted by Gasteiger charge is 2.22. The third kappa shape index (κ3) is 3.64. The molecule has 1 N–H and O–H groups in total. The van der Waals surface area contributed by atoms with Gasteiger partial charge in [-0.1, -0.05) is 25.9 Å². The fourth-order valence-electron chi connectivity index (χ4n) is 1.93. The summed E-state index contributed by atoms with van der Waals surface area (Å²) in [5.41, 5.74) is 1.23. The van der Waals surface area contributed by atoms with Crippen molar-refractivity contribution in [1.29, 1.82) is 0 Å². The highest BCUT2D eigenvalue weighted by atomic mass is 32.1. The summed E-state index contributed by atoms with van der Waals surface area (Å²) in [6.07, 6.45) is 2.13. The van der Waals surface area contributed by atoms with E-state index in [1.54, 1.807) is 11.3 Å². The number of thiazole rings is 1. The Morgan fingerprint density at radius 3 is 2.70 bits per heavy atom. The Balaban J connectivity index is 1.95. The van der Waals surface area contributed by atoms with Gasteiger partial charge in [-0.05, 0) is 13.8 Å². The molecule has 2 heterocycles. The molecular weight excluding hydrogens is 272 g/mol. The summed E-state index contributed by atoms with van der Waals surface area (Å²) in [5, 5.41) is 8.49. The first-order valence-electron chi connectivity index (χ1n) is 6.84. The van der Waals surface area contributed by atoms with Crippen molar-refractivity contribution in [2.24, 2.45) is 0 Å². The SMILES string of the molecule is Cc1nc(C(C)(C)C)sc1C(C)NCCc1ncon1. The molecule has 0 saturated heterocycles. The van der Waals surface area contributed by atoms with Crippen molar-refractivity contribution < 1.29 is 4.52 Å².